The minimum atomic E-state index is -2.99. The SMILES string of the molecule is O=C/C=C/c1ccc(OC(F)F)cc1F. The fourth-order valence-electron chi connectivity index (χ4n) is 0.962. The van der Waals surface area contributed by atoms with Crippen molar-refractivity contribution < 1.29 is 22.7 Å². The minimum Gasteiger partial charge on any atom is -0.435 e. The van der Waals surface area contributed by atoms with Gasteiger partial charge in [-0.2, -0.15) is 8.78 Å². The van der Waals surface area contributed by atoms with Gasteiger partial charge < -0.3 is 4.74 Å². The van der Waals surface area contributed by atoms with Gasteiger partial charge >= 0.3 is 6.61 Å². The first kappa shape index (κ1) is 11.3. The van der Waals surface area contributed by atoms with E-state index in [0.29, 0.717) is 6.29 Å². The zero-order valence-electron chi connectivity index (χ0n) is 7.49. The zero-order chi connectivity index (χ0) is 11.3. The molecule has 0 bridgehead atoms. The van der Waals surface area contributed by atoms with Gasteiger partial charge in [-0.15, -0.1) is 0 Å². The second-order valence-electron chi connectivity index (χ2n) is 2.56. The van der Waals surface area contributed by atoms with Gasteiger partial charge in [0.25, 0.3) is 0 Å². The summed E-state index contributed by atoms with van der Waals surface area (Å²) in [7, 11) is 0. The molecule has 0 unspecified atom stereocenters. The Kier molecular flexibility index (Phi) is 3.91. The fourth-order valence-corrected chi connectivity index (χ4v) is 0.962. The van der Waals surface area contributed by atoms with Gasteiger partial charge in [-0.3, -0.25) is 4.79 Å². The Hall–Kier alpha value is -1.78. The third kappa shape index (κ3) is 3.46. The van der Waals surface area contributed by atoms with Gasteiger partial charge in [-0.1, -0.05) is 0 Å². The molecule has 0 aliphatic carbocycles. The van der Waals surface area contributed by atoms with E-state index >= 15 is 0 Å². The van der Waals surface area contributed by atoms with Gasteiger partial charge in [0.1, 0.15) is 17.9 Å². The molecular weight excluding hydrogens is 209 g/mol. The van der Waals surface area contributed by atoms with Crippen molar-refractivity contribution >= 4 is 12.4 Å². The van der Waals surface area contributed by atoms with Crippen LogP contribution >= 0.6 is 0 Å². The second-order valence-corrected chi connectivity index (χ2v) is 2.56. The number of alkyl halides is 2. The maximum atomic E-state index is 13.1. The van der Waals surface area contributed by atoms with Crippen LogP contribution in [0.1, 0.15) is 5.56 Å². The van der Waals surface area contributed by atoms with Crippen LogP contribution in [0, 0.1) is 5.82 Å². The van der Waals surface area contributed by atoms with Crippen molar-refractivity contribution in [3.8, 4) is 5.75 Å². The van der Waals surface area contributed by atoms with Crippen molar-refractivity contribution in [1.29, 1.82) is 0 Å². The average molecular weight is 216 g/mol. The summed E-state index contributed by atoms with van der Waals surface area (Å²) >= 11 is 0. The van der Waals surface area contributed by atoms with Crippen molar-refractivity contribution in [2.24, 2.45) is 0 Å². The molecule has 0 aliphatic heterocycles. The normalized spacial score (nSPS) is 10.9. The van der Waals surface area contributed by atoms with E-state index in [1.807, 2.05) is 0 Å². The molecule has 80 valence electrons. The van der Waals surface area contributed by atoms with E-state index in [1.54, 1.807) is 0 Å². The van der Waals surface area contributed by atoms with Gasteiger partial charge in [0.2, 0.25) is 0 Å². The van der Waals surface area contributed by atoms with Crippen molar-refractivity contribution in [3.05, 3.63) is 35.7 Å². The zero-order valence-corrected chi connectivity index (χ0v) is 7.49. The summed E-state index contributed by atoms with van der Waals surface area (Å²) in [6, 6.07) is 3.27. The lowest BCUT2D eigenvalue weighted by atomic mass is 10.2. The minimum absolute atomic E-state index is 0.128. The number of benzene rings is 1. The lowest BCUT2D eigenvalue weighted by molar-refractivity contribution is -0.104. The molecule has 0 fully saturated rings. The van der Waals surface area contributed by atoms with Gasteiger partial charge in [0.15, 0.2) is 0 Å². The van der Waals surface area contributed by atoms with E-state index in [0.717, 1.165) is 12.1 Å². The van der Waals surface area contributed by atoms with Crippen LogP contribution in [-0.4, -0.2) is 12.9 Å². The van der Waals surface area contributed by atoms with Crippen molar-refractivity contribution in [2.75, 3.05) is 0 Å². The monoisotopic (exact) mass is 216 g/mol. The van der Waals surface area contributed by atoms with E-state index in [2.05, 4.69) is 4.74 Å². The van der Waals surface area contributed by atoms with Crippen LogP contribution in [0.3, 0.4) is 0 Å². The Morgan fingerprint density at radius 3 is 2.60 bits per heavy atom. The third-order valence-corrected chi connectivity index (χ3v) is 1.55. The summed E-state index contributed by atoms with van der Waals surface area (Å²) in [5, 5.41) is 0. The van der Waals surface area contributed by atoms with Crippen molar-refractivity contribution in [3.63, 3.8) is 0 Å². The Balaban J connectivity index is 2.87. The topological polar surface area (TPSA) is 26.3 Å². The summed E-state index contributed by atoms with van der Waals surface area (Å²) < 4.78 is 40.6. The molecule has 0 saturated carbocycles. The number of allylic oxidation sites excluding steroid dienone is 1. The summed E-state index contributed by atoms with van der Waals surface area (Å²) in [5.41, 5.74) is 0.128. The van der Waals surface area contributed by atoms with Crippen LogP contribution in [-0.2, 0) is 4.79 Å². The van der Waals surface area contributed by atoms with Crippen molar-refractivity contribution in [2.45, 2.75) is 6.61 Å². The number of rotatable bonds is 4. The van der Waals surface area contributed by atoms with E-state index in [9.17, 15) is 18.0 Å². The molecule has 5 heteroatoms. The number of hydrogen-bond donors (Lipinski definition) is 0. The molecule has 2 nitrogen and oxygen atoms in total. The van der Waals surface area contributed by atoms with Crippen LogP contribution in [0.5, 0.6) is 5.75 Å². The van der Waals surface area contributed by atoms with Crippen LogP contribution < -0.4 is 4.74 Å². The molecule has 1 aromatic carbocycles. The van der Waals surface area contributed by atoms with Crippen LogP contribution in [0.2, 0.25) is 0 Å². The molecule has 1 rings (SSSR count). The largest absolute Gasteiger partial charge is 0.435 e. The van der Waals surface area contributed by atoms with Gasteiger partial charge in [0.05, 0.1) is 0 Å². The highest BCUT2D eigenvalue weighted by Gasteiger charge is 2.06. The highest BCUT2D eigenvalue weighted by Crippen LogP contribution is 2.19. The third-order valence-electron chi connectivity index (χ3n) is 1.55. The number of ether oxygens (including phenoxy) is 1. The first-order valence-corrected chi connectivity index (χ1v) is 3.99. The molecule has 0 spiro atoms. The number of aldehydes is 1. The maximum absolute atomic E-state index is 13.1. The summed E-state index contributed by atoms with van der Waals surface area (Å²) in [4.78, 5) is 9.97. The first-order valence-electron chi connectivity index (χ1n) is 3.99. The van der Waals surface area contributed by atoms with Crippen LogP contribution in [0.25, 0.3) is 6.08 Å². The Morgan fingerprint density at radius 2 is 2.07 bits per heavy atom. The molecule has 0 amide bonds. The lowest BCUT2D eigenvalue weighted by Crippen LogP contribution is -2.02. The Labute approximate surface area is 84.0 Å². The fraction of sp³-hybridized carbons (Fsp3) is 0.100. The highest BCUT2D eigenvalue weighted by molar-refractivity contribution is 5.74. The van der Waals surface area contributed by atoms with Crippen LogP contribution in [0.15, 0.2) is 24.3 Å². The van der Waals surface area contributed by atoms with E-state index in [4.69, 9.17) is 0 Å². The smallest absolute Gasteiger partial charge is 0.387 e. The van der Waals surface area contributed by atoms with E-state index < -0.39 is 12.4 Å². The molecule has 0 aromatic heterocycles. The average Bonchev–Trinajstić information content (AvgIpc) is 2.15. The van der Waals surface area contributed by atoms with E-state index in [1.165, 1.54) is 18.2 Å². The molecular formula is C10H7F3O2. The predicted molar refractivity (Wildman–Crippen MR) is 48.1 cm³/mol. The molecule has 0 atom stereocenters. The van der Waals surface area contributed by atoms with Gasteiger partial charge in [-0.25, -0.2) is 4.39 Å². The molecule has 1 aromatic rings. The molecule has 15 heavy (non-hydrogen) atoms. The highest BCUT2D eigenvalue weighted by atomic mass is 19.3. The molecule has 0 saturated heterocycles. The maximum Gasteiger partial charge on any atom is 0.387 e. The summed E-state index contributed by atoms with van der Waals surface area (Å²) in [6.45, 7) is -2.99. The Morgan fingerprint density at radius 1 is 1.33 bits per heavy atom. The molecule has 0 N–H and O–H groups in total. The molecule has 0 heterocycles. The lowest BCUT2D eigenvalue weighted by Gasteiger charge is -2.04. The quantitative estimate of drug-likeness (QED) is 0.571. The Bertz CT molecular complexity index is 375. The number of carbonyl (C=O) groups excluding carboxylic acids is 1. The summed E-state index contributed by atoms with van der Waals surface area (Å²) in [6.07, 6.45) is 2.82. The standard InChI is InChI=1S/C10H7F3O2/c11-9-6-8(15-10(12)13)4-3-7(9)2-1-5-14/h1-6,10H/b2-1+. The number of hydrogen-bond acceptors (Lipinski definition) is 2. The number of halogens is 3. The van der Waals surface area contributed by atoms with Crippen molar-refractivity contribution in [1.82, 2.24) is 0 Å². The number of carbonyl (C=O) groups is 1. The van der Waals surface area contributed by atoms with Crippen LogP contribution in [0.4, 0.5) is 13.2 Å². The predicted octanol–water partition coefficient (Wildman–Crippen LogP) is 2.64. The first-order chi connectivity index (χ1) is 7.13. The van der Waals surface area contributed by atoms with E-state index in [-0.39, 0.29) is 11.3 Å². The molecule has 0 aliphatic rings. The summed E-state index contributed by atoms with van der Waals surface area (Å²) in [5.74, 6) is -0.989. The molecule has 0 radical (unpaired) electrons. The second kappa shape index (κ2) is 5.19. The van der Waals surface area contributed by atoms with Gasteiger partial charge in [0, 0.05) is 11.6 Å². The van der Waals surface area contributed by atoms with Gasteiger partial charge in [-0.05, 0) is 24.3 Å².